The van der Waals surface area contributed by atoms with Crippen LogP contribution in [0.3, 0.4) is 0 Å². The average Bonchev–Trinajstić information content (AvgIpc) is 3.07. The highest BCUT2D eigenvalue weighted by molar-refractivity contribution is 6.32. The summed E-state index contributed by atoms with van der Waals surface area (Å²) in [5, 5.41) is 0. The Morgan fingerprint density at radius 1 is 1.00 bits per heavy atom. The number of amides is 2. The Morgan fingerprint density at radius 3 is 2.19 bits per heavy atom. The Morgan fingerprint density at radius 2 is 1.62 bits per heavy atom. The van der Waals surface area contributed by atoms with Gasteiger partial charge in [0.15, 0.2) is 0 Å². The second-order valence-corrected chi connectivity index (χ2v) is 7.89. The molecule has 2 amide bonds. The van der Waals surface area contributed by atoms with Crippen LogP contribution in [0, 0.1) is 11.8 Å². The number of esters is 1. The third-order valence-corrected chi connectivity index (χ3v) is 6.20. The van der Waals surface area contributed by atoms with E-state index in [4.69, 9.17) is 4.74 Å². The summed E-state index contributed by atoms with van der Waals surface area (Å²) in [6.07, 6.45) is 5.88. The predicted molar refractivity (Wildman–Crippen MR) is 96.3 cm³/mol. The van der Waals surface area contributed by atoms with E-state index in [0.717, 1.165) is 44.8 Å². The van der Waals surface area contributed by atoms with Crippen LogP contribution in [-0.2, 0) is 19.1 Å². The van der Waals surface area contributed by atoms with Crippen LogP contribution in [0.25, 0.3) is 0 Å². The van der Waals surface area contributed by atoms with Gasteiger partial charge in [0.05, 0.1) is 6.54 Å². The lowest BCUT2D eigenvalue weighted by atomic mass is 9.79. The monoisotopic (exact) mass is 365 g/mol. The van der Waals surface area contributed by atoms with Crippen LogP contribution < -0.4 is 0 Å². The second kappa shape index (κ2) is 8.84. The van der Waals surface area contributed by atoms with E-state index in [2.05, 4.69) is 11.9 Å². The van der Waals surface area contributed by atoms with Crippen molar-refractivity contribution < 1.29 is 19.1 Å². The van der Waals surface area contributed by atoms with Crippen molar-refractivity contribution in [1.82, 2.24) is 14.7 Å². The fraction of sp³-hybridized carbons (Fsp3) is 0.842. The lowest BCUT2D eigenvalue weighted by Gasteiger charge is -2.39. The SMILES string of the molecule is CN1CCC(C2CCN(C(=O)C(=O)OCCN3CCCC3=O)CC2)CC1. The first-order chi connectivity index (χ1) is 12.5. The van der Waals surface area contributed by atoms with Crippen molar-refractivity contribution in [3.8, 4) is 0 Å². The molecule has 26 heavy (non-hydrogen) atoms. The van der Waals surface area contributed by atoms with Crippen LogP contribution in [0.1, 0.15) is 38.5 Å². The largest absolute Gasteiger partial charge is 0.457 e. The zero-order chi connectivity index (χ0) is 18.5. The highest BCUT2D eigenvalue weighted by Crippen LogP contribution is 2.32. The van der Waals surface area contributed by atoms with Crippen molar-refractivity contribution in [2.75, 3.05) is 52.9 Å². The van der Waals surface area contributed by atoms with Gasteiger partial charge in [0.1, 0.15) is 6.61 Å². The van der Waals surface area contributed by atoms with Crippen LogP contribution in [0.5, 0.6) is 0 Å². The van der Waals surface area contributed by atoms with Gasteiger partial charge in [0.2, 0.25) is 5.91 Å². The Bertz CT molecular complexity index is 523. The number of likely N-dealkylation sites (tertiary alicyclic amines) is 3. The first-order valence-corrected chi connectivity index (χ1v) is 9.97. The molecule has 0 saturated carbocycles. The fourth-order valence-corrected chi connectivity index (χ4v) is 4.45. The number of carbonyl (C=O) groups excluding carboxylic acids is 3. The third kappa shape index (κ3) is 4.75. The zero-order valence-electron chi connectivity index (χ0n) is 15.8. The van der Waals surface area contributed by atoms with Crippen LogP contribution in [0.2, 0.25) is 0 Å². The minimum Gasteiger partial charge on any atom is -0.457 e. The summed E-state index contributed by atoms with van der Waals surface area (Å²) < 4.78 is 5.09. The maximum absolute atomic E-state index is 12.3. The van der Waals surface area contributed by atoms with E-state index < -0.39 is 11.9 Å². The Hall–Kier alpha value is -1.63. The van der Waals surface area contributed by atoms with E-state index in [1.54, 1.807) is 9.80 Å². The van der Waals surface area contributed by atoms with Gasteiger partial charge < -0.3 is 19.4 Å². The number of nitrogens with zero attached hydrogens (tertiary/aromatic N) is 3. The summed E-state index contributed by atoms with van der Waals surface area (Å²) in [6, 6.07) is 0. The molecule has 3 aliphatic heterocycles. The summed E-state index contributed by atoms with van der Waals surface area (Å²) in [5.74, 6) is 0.218. The molecule has 3 heterocycles. The molecule has 7 heteroatoms. The van der Waals surface area contributed by atoms with Gasteiger partial charge in [-0.15, -0.1) is 0 Å². The van der Waals surface area contributed by atoms with Gasteiger partial charge in [0, 0.05) is 26.1 Å². The molecule has 0 unspecified atom stereocenters. The molecule has 0 aromatic rings. The molecule has 3 fully saturated rings. The van der Waals surface area contributed by atoms with Crippen LogP contribution in [0.15, 0.2) is 0 Å². The smallest absolute Gasteiger partial charge is 0.397 e. The van der Waals surface area contributed by atoms with Gasteiger partial charge in [-0.25, -0.2) is 4.79 Å². The summed E-state index contributed by atoms with van der Waals surface area (Å²) in [6.45, 7) is 4.82. The molecule has 0 spiro atoms. The molecule has 0 N–H and O–H groups in total. The molecule has 0 radical (unpaired) electrons. The van der Waals surface area contributed by atoms with Gasteiger partial charge in [-0.1, -0.05) is 0 Å². The highest BCUT2D eigenvalue weighted by Gasteiger charge is 2.32. The number of hydrogen-bond acceptors (Lipinski definition) is 5. The third-order valence-electron chi connectivity index (χ3n) is 6.20. The second-order valence-electron chi connectivity index (χ2n) is 7.89. The number of piperidine rings is 2. The lowest BCUT2D eigenvalue weighted by Crippen LogP contribution is -2.45. The van der Waals surface area contributed by atoms with Crippen molar-refractivity contribution in [3.05, 3.63) is 0 Å². The zero-order valence-corrected chi connectivity index (χ0v) is 15.8. The van der Waals surface area contributed by atoms with E-state index in [-0.39, 0.29) is 12.5 Å². The van der Waals surface area contributed by atoms with Crippen molar-refractivity contribution in [1.29, 1.82) is 0 Å². The van der Waals surface area contributed by atoms with Crippen LogP contribution >= 0.6 is 0 Å². The first kappa shape index (κ1) is 19.1. The predicted octanol–water partition coefficient (Wildman–Crippen LogP) is 0.732. The van der Waals surface area contributed by atoms with Crippen molar-refractivity contribution >= 4 is 17.8 Å². The molecule has 0 aliphatic carbocycles. The lowest BCUT2D eigenvalue weighted by molar-refractivity contribution is -0.161. The van der Waals surface area contributed by atoms with Crippen LogP contribution in [0.4, 0.5) is 0 Å². The van der Waals surface area contributed by atoms with Crippen molar-refractivity contribution in [2.24, 2.45) is 11.8 Å². The van der Waals surface area contributed by atoms with E-state index in [0.29, 0.717) is 32.0 Å². The molecule has 146 valence electrons. The minimum absolute atomic E-state index is 0.0996. The Kier molecular flexibility index (Phi) is 6.51. The van der Waals surface area contributed by atoms with E-state index >= 15 is 0 Å². The molecule has 0 bridgehead atoms. The van der Waals surface area contributed by atoms with E-state index in [1.165, 1.54) is 12.8 Å². The molecule has 3 aliphatic rings. The van der Waals surface area contributed by atoms with Gasteiger partial charge in [-0.3, -0.25) is 9.59 Å². The number of hydrogen-bond donors (Lipinski definition) is 0. The molecule has 3 rings (SSSR count). The van der Waals surface area contributed by atoms with Crippen LogP contribution in [-0.4, -0.2) is 85.4 Å². The molecule has 0 atom stereocenters. The van der Waals surface area contributed by atoms with E-state index in [9.17, 15) is 14.4 Å². The topological polar surface area (TPSA) is 70.2 Å². The van der Waals surface area contributed by atoms with Gasteiger partial charge >= 0.3 is 11.9 Å². The summed E-state index contributed by atoms with van der Waals surface area (Å²) in [4.78, 5) is 41.5. The number of rotatable bonds is 4. The Balaban J connectivity index is 1.36. The molecule has 0 aromatic carbocycles. The minimum atomic E-state index is -0.783. The van der Waals surface area contributed by atoms with E-state index in [1.807, 2.05) is 0 Å². The highest BCUT2D eigenvalue weighted by atomic mass is 16.5. The Labute approximate surface area is 155 Å². The fourth-order valence-electron chi connectivity index (χ4n) is 4.45. The summed E-state index contributed by atoms with van der Waals surface area (Å²) >= 11 is 0. The number of ether oxygens (including phenoxy) is 1. The molecular weight excluding hydrogens is 334 g/mol. The standard InChI is InChI=1S/C19H31N3O4/c1-20-9-4-15(5-10-20)16-6-11-22(12-7-16)18(24)19(25)26-14-13-21-8-2-3-17(21)23/h15-16H,2-14H2,1H3. The first-order valence-electron chi connectivity index (χ1n) is 9.97. The van der Waals surface area contributed by atoms with Crippen molar-refractivity contribution in [3.63, 3.8) is 0 Å². The maximum Gasteiger partial charge on any atom is 0.397 e. The quantitative estimate of drug-likeness (QED) is 0.543. The maximum atomic E-state index is 12.3. The molecule has 0 aromatic heterocycles. The van der Waals surface area contributed by atoms with Gasteiger partial charge in [-0.05, 0) is 64.1 Å². The summed E-state index contributed by atoms with van der Waals surface area (Å²) in [5.41, 5.74) is 0. The normalized spacial score (nSPS) is 23.5. The van der Waals surface area contributed by atoms with Crippen molar-refractivity contribution in [2.45, 2.75) is 38.5 Å². The molecule has 3 saturated heterocycles. The molecular formula is C19H31N3O4. The summed E-state index contributed by atoms with van der Waals surface area (Å²) in [7, 11) is 2.17. The number of carbonyl (C=O) groups is 3. The van der Waals surface area contributed by atoms with Gasteiger partial charge in [-0.2, -0.15) is 0 Å². The molecule has 7 nitrogen and oxygen atoms in total. The van der Waals surface area contributed by atoms with Gasteiger partial charge in [0.25, 0.3) is 0 Å². The average molecular weight is 365 g/mol.